The Bertz CT molecular complexity index is 855. The molecule has 3 rings (SSSR count). The molecule has 0 aromatic heterocycles. The van der Waals surface area contributed by atoms with Crippen LogP contribution in [0.1, 0.15) is 11.1 Å². The predicted octanol–water partition coefficient (Wildman–Crippen LogP) is 5.19. The lowest BCUT2D eigenvalue weighted by molar-refractivity contribution is -0.384. The molecule has 0 N–H and O–H groups in total. The second-order valence-electron chi connectivity index (χ2n) is 5.86. The molecule has 0 aliphatic heterocycles. The molecule has 4 nitrogen and oxygen atoms in total. The van der Waals surface area contributed by atoms with Gasteiger partial charge in [0.15, 0.2) is 0 Å². The molecule has 0 saturated carbocycles. The molecule has 0 aliphatic rings. The molecular formula is C21H19NO3. The van der Waals surface area contributed by atoms with Crippen LogP contribution in [0.4, 0.5) is 5.69 Å². The second kappa shape index (κ2) is 7.62. The quantitative estimate of drug-likeness (QED) is 0.460. The van der Waals surface area contributed by atoms with E-state index in [-0.39, 0.29) is 5.69 Å². The van der Waals surface area contributed by atoms with Crippen molar-refractivity contribution in [1.82, 2.24) is 0 Å². The summed E-state index contributed by atoms with van der Waals surface area (Å²) in [4.78, 5) is 10.2. The van der Waals surface area contributed by atoms with Gasteiger partial charge in [0.05, 0.1) is 11.5 Å². The fourth-order valence-electron chi connectivity index (χ4n) is 2.70. The third-order valence-corrected chi connectivity index (χ3v) is 4.12. The van der Waals surface area contributed by atoms with Crippen molar-refractivity contribution in [3.05, 3.63) is 94.0 Å². The molecule has 0 bridgehead atoms. The van der Waals surface area contributed by atoms with Crippen molar-refractivity contribution >= 4 is 5.69 Å². The van der Waals surface area contributed by atoms with Gasteiger partial charge >= 0.3 is 0 Å². The van der Waals surface area contributed by atoms with Gasteiger partial charge in [0.1, 0.15) is 5.75 Å². The minimum atomic E-state index is -0.417. The summed E-state index contributed by atoms with van der Waals surface area (Å²) in [6, 6.07) is 23.0. The second-order valence-corrected chi connectivity index (χ2v) is 5.86. The highest BCUT2D eigenvalue weighted by atomic mass is 16.6. The van der Waals surface area contributed by atoms with E-state index in [1.807, 2.05) is 12.1 Å². The molecule has 0 saturated heterocycles. The first kappa shape index (κ1) is 16.7. The Balaban J connectivity index is 1.57. The van der Waals surface area contributed by atoms with Gasteiger partial charge in [-0.3, -0.25) is 10.1 Å². The Morgan fingerprint density at radius 2 is 1.60 bits per heavy atom. The zero-order chi connectivity index (χ0) is 17.6. The van der Waals surface area contributed by atoms with Crippen molar-refractivity contribution in [2.24, 2.45) is 0 Å². The number of aryl methyl sites for hydroxylation is 1. The Labute approximate surface area is 146 Å². The normalized spacial score (nSPS) is 10.4. The molecule has 0 fully saturated rings. The average molecular weight is 333 g/mol. The van der Waals surface area contributed by atoms with Crippen molar-refractivity contribution in [2.45, 2.75) is 13.3 Å². The number of nitro benzene ring substituents is 1. The Hall–Kier alpha value is -3.14. The Morgan fingerprint density at radius 3 is 2.24 bits per heavy atom. The monoisotopic (exact) mass is 333 g/mol. The highest BCUT2D eigenvalue weighted by molar-refractivity contribution is 5.67. The van der Waals surface area contributed by atoms with E-state index >= 15 is 0 Å². The molecule has 4 heteroatoms. The van der Waals surface area contributed by atoms with Crippen LogP contribution in [0.15, 0.2) is 72.8 Å². The van der Waals surface area contributed by atoms with E-state index < -0.39 is 4.92 Å². The van der Waals surface area contributed by atoms with E-state index in [9.17, 15) is 10.1 Å². The van der Waals surface area contributed by atoms with Crippen LogP contribution >= 0.6 is 0 Å². The maximum absolute atomic E-state index is 10.6. The molecule has 3 aromatic rings. The molecule has 0 atom stereocenters. The molecule has 0 heterocycles. The van der Waals surface area contributed by atoms with Gasteiger partial charge in [0.2, 0.25) is 0 Å². The van der Waals surface area contributed by atoms with Crippen molar-refractivity contribution in [3.63, 3.8) is 0 Å². The van der Waals surface area contributed by atoms with Gasteiger partial charge in [0.25, 0.3) is 5.69 Å². The fourth-order valence-corrected chi connectivity index (χ4v) is 2.70. The van der Waals surface area contributed by atoms with Crippen LogP contribution in [0.3, 0.4) is 0 Å². The van der Waals surface area contributed by atoms with Crippen molar-refractivity contribution in [1.29, 1.82) is 0 Å². The average Bonchev–Trinajstić information content (AvgIpc) is 2.63. The topological polar surface area (TPSA) is 52.4 Å². The maximum Gasteiger partial charge on any atom is 0.269 e. The van der Waals surface area contributed by atoms with Gasteiger partial charge in [-0.1, -0.05) is 48.5 Å². The first-order valence-corrected chi connectivity index (χ1v) is 8.16. The molecule has 0 unspecified atom stereocenters. The Morgan fingerprint density at radius 1 is 0.920 bits per heavy atom. The largest absolute Gasteiger partial charge is 0.493 e. The van der Waals surface area contributed by atoms with E-state index in [2.05, 4.69) is 43.3 Å². The van der Waals surface area contributed by atoms with Crippen LogP contribution in [-0.2, 0) is 6.42 Å². The zero-order valence-corrected chi connectivity index (χ0v) is 14.0. The molecule has 0 spiro atoms. The zero-order valence-electron chi connectivity index (χ0n) is 14.0. The van der Waals surface area contributed by atoms with Crippen LogP contribution in [0.2, 0.25) is 0 Å². The minimum Gasteiger partial charge on any atom is -0.493 e. The van der Waals surface area contributed by atoms with E-state index in [0.717, 1.165) is 6.42 Å². The van der Waals surface area contributed by atoms with Crippen molar-refractivity contribution in [2.75, 3.05) is 6.61 Å². The third-order valence-electron chi connectivity index (χ3n) is 4.12. The first-order valence-electron chi connectivity index (χ1n) is 8.16. The van der Waals surface area contributed by atoms with Gasteiger partial charge < -0.3 is 4.74 Å². The van der Waals surface area contributed by atoms with Gasteiger partial charge in [-0.05, 0) is 41.3 Å². The highest BCUT2D eigenvalue weighted by Crippen LogP contribution is 2.23. The molecule has 126 valence electrons. The summed E-state index contributed by atoms with van der Waals surface area (Å²) in [5.74, 6) is 0.641. The predicted molar refractivity (Wildman–Crippen MR) is 98.9 cm³/mol. The maximum atomic E-state index is 10.6. The smallest absolute Gasteiger partial charge is 0.269 e. The lowest BCUT2D eigenvalue weighted by atomic mass is 9.99. The Kier molecular flexibility index (Phi) is 5.09. The SMILES string of the molecule is Cc1ccccc1-c1ccc(CCOc2ccc([N+](=O)[O-])cc2)cc1. The lowest BCUT2D eigenvalue weighted by Crippen LogP contribution is -2.01. The first-order chi connectivity index (χ1) is 12.1. The fraction of sp³-hybridized carbons (Fsp3) is 0.143. The molecule has 0 amide bonds. The van der Waals surface area contributed by atoms with E-state index in [4.69, 9.17) is 4.74 Å². The summed E-state index contributed by atoms with van der Waals surface area (Å²) in [6.07, 6.45) is 0.783. The summed E-state index contributed by atoms with van der Waals surface area (Å²) in [5, 5.41) is 10.6. The number of rotatable bonds is 6. The number of ether oxygens (including phenoxy) is 1. The molecular weight excluding hydrogens is 314 g/mol. The van der Waals surface area contributed by atoms with Crippen LogP contribution < -0.4 is 4.74 Å². The molecule has 25 heavy (non-hydrogen) atoms. The van der Waals surface area contributed by atoms with Crippen molar-refractivity contribution < 1.29 is 9.66 Å². The van der Waals surface area contributed by atoms with E-state index in [1.54, 1.807) is 12.1 Å². The standard InChI is InChI=1S/C21H19NO3/c1-16-4-2-3-5-21(16)18-8-6-17(7-9-18)14-15-25-20-12-10-19(11-13-20)22(23)24/h2-13H,14-15H2,1H3. The summed E-state index contributed by atoms with van der Waals surface area (Å²) in [7, 11) is 0. The van der Waals surface area contributed by atoms with E-state index in [1.165, 1.54) is 34.4 Å². The molecule has 0 aliphatic carbocycles. The molecule has 3 aromatic carbocycles. The summed E-state index contributed by atoms with van der Waals surface area (Å²) in [5.41, 5.74) is 4.98. The van der Waals surface area contributed by atoms with Gasteiger partial charge in [-0.25, -0.2) is 0 Å². The number of hydrogen-bond donors (Lipinski definition) is 0. The van der Waals surface area contributed by atoms with Gasteiger partial charge in [0, 0.05) is 18.6 Å². The molecule has 0 radical (unpaired) electrons. The van der Waals surface area contributed by atoms with Crippen molar-refractivity contribution in [3.8, 4) is 16.9 Å². The van der Waals surface area contributed by atoms with E-state index in [0.29, 0.717) is 12.4 Å². The number of hydrogen-bond acceptors (Lipinski definition) is 3. The van der Waals surface area contributed by atoms with Crippen LogP contribution in [0.25, 0.3) is 11.1 Å². The third kappa shape index (κ3) is 4.23. The number of nitro groups is 1. The number of benzene rings is 3. The highest BCUT2D eigenvalue weighted by Gasteiger charge is 2.05. The van der Waals surface area contributed by atoms with Crippen LogP contribution in [0.5, 0.6) is 5.75 Å². The summed E-state index contributed by atoms with van der Waals surface area (Å²) >= 11 is 0. The van der Waals surface area contributed by atoms with Gasteiger partial charge in [-0.15, -0.1) is 0 Å². The van der Waals surface area contributed by atoms with Crippen LogP contribution in [0, 0.1) is 17.0 Å². The van der Waals surface area contributed by atoms with Crippen LogP contribution in [-0.4, -0.2) is 11.5 Å². The summed E-state index contributed by atoms with van der Waals surface area (Å²) in [6.45, 7) is 2.64. The summed E-state index contributed by atoms with van der Waals surface area (Å²) < 4.78 is 5.66. The minimum absolute atomic E-state index is 0.0687. The lowest BCUT2D eigenvalue weighted by Gasteiger charge is -2.08. The number of nitrogens with zero attached hydrogens (tertiary/aromatic N) is 1. The number of non-ortho nitro benzene ring substituents is 1. The van der Waals surface area contributed by atoms with Gasteiger partial charge in [-0.2, -0.15) is 0 Å².